The molecule has 1 aromatic heterocycles. The van der Waals surface area contributed by atoms with Gasteiger partial charge in [0, 0.05) is 18.7 Å². The number of hydrogen-bond donors (Lipinski definition) is 2. The predicted molar refractivity (Wildman–Crippen MR) is 56.5 cm³/mol. The number of likely N-dealkylation sites (N-methyl/N-ethyl adjacent to an activating group) is 1. The van der Waals surface area contributed by atoms with Crippen molar-refractivity contribution in [2.24, 2.45) is 0 Å². The highest BCUT2D eigenvalue weighted by Gasteiger charge is 2.21. The lowest BCUT2D eigenvalue weighted by molar-refractivity contribution is 0.0682. The van der Waals surface area contributed by atoms with Gasteiger partial charge in [-0.2, -0.15) is 0 Å². The van der Waals surface area contributed by atoms with Crippen LogP contribution in [0.4, 0.5) is 0 Å². The number of nitrogens with one attached hydrogen (secondary N) is 1. The second-order valence-corrected chi connectivity index (χ2v) is 3.76. The van der Waals surface area contributed by atoms with Crippen LogP contribution in [0.2, 0.25) is 0 Å². The van der Waals surface area contributed by atoms with E-state index < -0.39 is 5.97 Å². The number of rotatable bonds is 2. The Hall–Kier alpha value is -1.69. The van der Waals surface area contributed by atoms with Crippen molar-refractivity contribution in [2.45, 2.75) is 19.9 Å². The van der Waals surface area contributed by atoms with E-state index in [4.69, 9.17) is 5.11 Å². The minimum absolute atomic E-state index is 0.276. The van der Waals surface area contributed by atoms with Gasteiger partial charge in [0.05, 0.1) is 5.69 Å². The van der Waals surface area contributed by atoms with Crippen LogP contribution in [0.25, 0.3) is 0 Å². The molecular formula is C10H13N3O3. The van der Waals surface area contributed by atoms with Crippen LogP contribution in [0.3, 0.4) is 0 Å². The number of carboxylic acid groups (broad SMARTS) is 1. The van der Waals surface area contributed by atoms with Gasteiger partial charge in [-0.25, -0.2) is 9.78 Å². The minimum Gasteiger partial charge on any atom is -0.475 e. The van der Waals surface area contributed by atoms with Crippen LogP contribution >= 0.6 is 0 Å². The zero-order valence-electron chi connectivity index (χ0n) is 8.99. The highest BCUT2D eigenvalue weighted by atomic mass is 16.4. The molecule has 1 aromatic rings. The fraction of sp³-hybridized carbons (Fsp3) is 0.500. The highest BCUT2D eigenvalue weighted by Crippen LogP contribution is 2.12. The fourth-order valence-corrected chi connectivity index (χ4v) is 1.87. The molecule has 6 heteroatoms. The molecule has 1 aliphatic rings. The van der Waals surface area contributed by atoms with Crippen LogP contribution in [0.5, 0.6) is 0 Å². The van der Waals surface area contributed by atoms with Gasteiger partial charge in [-0.15, -0.1) is 0 Å². The van der Waals surface area contributed by atoms with Crippen molar-refractivity contribution in [2.75, 3.05) is 13.1 Å². The normalized spacial score (nSPS) is 15.8. The molecule has 1 aliphatic heterocycles. The molecule has 0 amide bonds. The summed E-state index contributed by atoms with van der Waals surface area (Å²) in [4.78, 5) is 30.7. The minimum atomic E-state index is -1.20. The SMILES string of the molecule is CCN1CCc2c(nc(C(=O)O)[nH]c2=O)C1. The maximum atomic E-state index is 11.6. The molecule has 6 nitrogen and oxygen atoms in total. The third-order valence-electron chi connectivity index (χ3n) is 2.80. The molecule has 0 radical (unpaired) electrons. The first kappa shape index (κ1) is 10.8. The number of fused-ring (bicyclic) bond motifs is 1. The number of aromatic carboxylic acids is 1. The smallest absolute Gasteiger partial charge is 0.372 e. The Labute approximate surface area is 91.9 Å². The van der Waals surface area contributed by atoms with E-state index >= 15 is 0 Å². The molecule has 0 aliphatic carbocycles. The average Bonchev–Trinajstić information content (AvgIpc) is 2.28. The average molecular weight is 223 g/mol. The van der Waals surface area contributed by atoms with Crippen LogP contribution < -0.4 is 5.56 Å². The zero-order valence-corrected chi connectivity index (χ0v) is 8.99. The summed E-state index contributed by atoms with van der Waals surface area (Å²) in [5, 5.41) is 8.79. The van der Waals surface area contributed by atoms with Crippen molar-refractivity contribution in [3.8, 4) is 0 Å². The van der Waals surface area contributed by atoms with Crippen molar-refractivity contribution in [3.63, 3.8) is 0 Å². The Kier molecular flexibility index (Phi) is 2.74. The van der Waals surface area contributed by atoms with E-state index in [0.29, 0.717) is 24.2 Å². The van der Waals surface area contributed by atoms with Gasteiger partial charge in [-0.05, 0) is 13.0 Å². The molecule has 0 spiro atoms. The lowest BCUT2D eigenvalue weighted by Gasteiger charge is -2.25. The van der Waals surface area contributed by atoms with Gasteiger partial charge in [0.2, 0.25) is 5.82 Å². The standard InChI is InChI=1S/C10H13N3O3/c1-2-13-4-3-6-7(5-13)11-8(10(15)16)12-9(6)14/h2-5H2,1H3,(H,15,16)(H,11,12,14). The van der Waals surface area contributed by atoms with E-state index in [1.165, 1.54) is 0 Å². The summed E-state index contributed by atoms with van der Waals surface area (Å²) in [6.07, 6.45) is 0.630. The maximum Gasteiger partial charge on any atom is 0.372 e. The molecule has 0 atom stereocenters. The molecule has 16 heavy (non-hydrogen) atoms. The number of aromatic amines is 1. The number of hydrogen-bond acceptors (Lipinski definition) is 4. The number of carboxylic acids is 1. The quantitative estimate of drug-likeness (QED) is 0.728. The van der Waals surface area contributed by atoms with Gasteiger partial charge in [0.1, 0.15) is 0 Å². The summed E-state index contributed by atoms with van der Waals surface area (Å²) in [6.45, 7) is 4.27. The number of H-pyrrole nitrogens is 1. The number of nitrogens with zero attached hydrogens (tertiary/aromatic N) is 2. The zero-order chi connectivity index (χ0) is 11.7. The van der Waals surface area contributed by atoms with Gasteiger partial charge in [0.15, 0.2) is 0 Å². The van der Waals surface area contributed by atoms with Gasteiger partial charge in [-0.1, -0.05) is 6.92 Å². The van der Waals surface area contributed by atoms with E-state index in [2.05, 4.69) is 14.9 Å². The van der Waals surface area contributed by atoms with E-state index in [-0.39, 0.29) is 11.4 Å². The van der Waals surface area contributed by atoms with Crippen LogP contribution in [0.15, 0.2) is 4.79 Å². The Morgan fingerprint density at radius 3 is 3.00 bits per heavy atom. The summed E-state index contributed by atoms with van der Waals surface area (Å²) >= 11 is 0. The number of aromatic nitrogens is 2. The molecule has 86 valence electrons. The summed E-state index contributed by atoms with van der Waals surface area (Å²) in [5.41, 5.74) is 0.891. The van der Waals surface area contributed by atoms with E-state index in [0.717, 1.165) is 13.1 Å². The molecular weight excluding hydrogens is 210 g/mol. The lowest BCUT2D eigenvalue weighted by atomic mass is 10.1. The molecule has 2 N–H and O–H groups in total. The van der Waals surface area contributed by atoms with E-state index in [1.54, 1.807) is 0 Å². The van der Waals surface area contributed by atoms with Gasteiger partial charge in [0.25, 0.3) is 5.56 Å². The largest absolute Gasteiger partial charge is 0.475 e. The Bertz CT molecular complexity index is 481. The Morgan fingerprint density at radius 2 is 2.38 bits per heavy atom. The maximum absolute atomic E-state index is 11.6. The van der Waals surface area contributed by atoms with Crippen LogP contribution in [-0.4, -0.2) is 39.0 Å². The van der Waals surface area contributed by atoms with Crippen LogP contribution in [0.1, 0.15) is 28.8 Å². The van der Waals surface area contributed by atoms with Crippen molar-refractivity contribution in [1.29, 1.82) is 0 Å². The summed E-state index contributed by atoms with van der Waals surface area (Å²) in [7, 11) is 0. The Morgan fingerprint density at radius 1 is 1.62 bits per heavy atom. The van der Waals surface area contributed by atoms with Crippen molar-refractivity contribution >= 4 is 5.97 Å². The fourth-order valence-electron chi connectivity index (χ4n) is 1.87. The first-order valence-electron chi connectivity index (χ1n) is 5.19. The molecule has 0 bridgehead atoms. The molecule has 2 heterocycles. The first-order valence-corrected chi connectivity index (χ1v) is 5.19. The van der Waals surface area contributed by atoms with Gasteiger partial charge >= 0.3 is 5.97 Å². The monoisotopic (exact) mass is 223 g/mol. The lowest BCUT2D eigenvalue weighted by Crippen LogP contribution is -2.36. The van der Waals surface area contributed by atoms with Crippen LogP contribution in [-0.2, 0) is 13.0 Å². The van der Waals surface area contributed by atoms with Crippen molar-refractivity contribution in [1.82, 2.24) is 14.9 Å². The third kappa shape index (κ3) is 1.83. The molecule has 0 aromatic carbocycles. The van der Waals surface area contributed by atoms with E-state index in [1.807, 2.05) is 6.92 Å². The topological polar surface area (TPSA) is 86.3 Å². The third-order valence-corrected chi connectivity index (χ3v) is 2.80. The number of carbonyl (C=O) groups is 1. The summed E-state index contributed by atoms with van der Waals surface area (Å²) in [5.74, 6) is -1.48. The van der Waals surface area contributed by atoms with Gasteiger partial charge < -0.3 is 10.1 Å². The van der Waals surface area contributed by atoms with E-state index in [9.17, 15) is 9.59 Å². The highest BCUT2D eigenvalue weighted by molar-refractivity contribution is 5.83. The molecule has 0 fully saturated rings. The molecule has 0 saturated heterocycles. The molecule has 0 saturated carbocycles. The summed E-state index contributed by atoms with van der Waals surface area (Å²) in [6, 6.07) is 0. The van der Waals surface area contributed by atoms with Crippen LogP contribution in [0, 0.1) is 0 Å². The predicted octanol–water partition coefficient (Wildman–Crippen LogP) is -0.154. The Balaban J connectivity index is 2.45. The van der Waals surface area contributed by atoms with Crippen molar-refractivity contribution < 1.29 is 9.90 Å². The first-order chi connectivity index (χ1) is 7.61. The summed E-state index contributed by atoms with van der Waals surface area (Å²) < 4.78 is 0. The second kappa shape index (κ2) is 4.05. The van der Waals surface area contributed by atoms with Crippen molar-refractivity contribution in [3.05, 3.63) is 27.4 Å². The molecule has 0 unspecified atom stereocenters. The second-order valence-electron chi connectivity index (χ2n) is 3.76. The van der Waals surface area contributed by atoms with Gasteiger partial charge in [-0.3, -0.25) is 9.69 Å². The molecule has 2 rings (SSSR count).